The third-order valence-electron chi connectivity index (χ3n) is 4.73. The summed E-state index contributed by atoms with van der Waals surface area (Å²) in [5.74, 6) is 0.296. The number of carbonyl (C=O) groups excluding carboxylic acids is 2. The molecule has 0 radical (unpaired) electrons. The highest BCUT2D eigenvalue weighted by Crippen LogP contribution is 2.34. The van der Waals surface area contributed by atoms with E-state index in [1.807, 2.05) is 16.8 Å². The van der Waals surface area contributed by atoms with Gasteiger partial charge in [0.25, 0.3) is 11.8 Å². The molecule has 8 nitrogen and oxygen atoms in total. The highest BCUT2D eigenvalue weighted by Gasteiger charge is 2.46. The summed E-state index contributed by atoms with van der Waals surface area (Å²) in [4.78, 5) is 37.3. The van der Waals surface area contributed by atoms with Gasteiger partial charge in [0.05, 0.1) is 12.5 Å². The average molecular weight is 346 g/mol. The second-order valence-corrected chi connectivity index (χ2v) is 7.37. The normalized spacial score (nSPS) is 22.9. The van der Waals surface area contributed by atoms with Gasteiger partial charge in [0.2, 0.25) is 0 Å². The van der Waals surface area contributed by atoms with Crippen LogP contribution in [0.4, 0.5) is 5.13 Å². The number of piperidine rings is 1. The summed E-state index contributed by atoms with van der Waals surface area (Å²) >= 11 is 1.21. The highest BCUT2D eigenvalue weighted by atomic mass is 32.1. The van der Waals surface area contributed by atoms with Gasteiger partial charge in [-0.05, 0) is 6.42 Å². The SMILES string of the molecule is Cn1cnc(C(=O)N2C[C@@H]3CN(C(=O)c4cnc(N)s4)CC[C@@H]32)c1. The standard InChI is InChI=1S/C15H18N6O2S/c1-19-7-10(18-8-19)13(22)21-6-9-5-20(3-2-11(9)21)14(23)12-4-17-15(16)24-12/h4,7-9,11H,2-3,5-6H2,1H3,(H2,16,17)/t9-,11-/m0/s1. The number of thiazole rings is 1. The summed E-state index contributed by atoms with van der Waals surface area (Å²) in [5, 5.41) is 0.406. The molecular formula is C15H18N6O2S. The number of hydrogen-bond donors (Lipinski definition) is 1. The molecule has 0 aromatic carbocycles. The molecule has 2 aromatic heterocycles. The maximum Gasteiger partial charge on any atom is 0.274 e. The van der Waals surface area contributed by atoms with Crippen LogP contribution in [0.3, 0.4) is 0 Å². The van der Waals surface area contributed by atoms with E-state index in [1.165, 1.54) is 17.5 Å². The first-order valence-corrected chi connectivity index (χ1v) is 8.64. The molecule has 126 valence electrons. The quantitative estimate of drug-likeness (QED) is 0.851. The number of fused-ring (bicyclic) bond motifs is 1. The van der Waals surface area contributed by atoms with E-state index >= 15 is 0 Å². The maximum atomic E-state index is 12.5. The smallest absolute Gasteiger partial charge is 0.274 e. The minimum absolute atomic E-state index is 0.0165. The summed E-state index contributed by atoms with van der Waals surface area (Å²) in [6.45, 7) is 1.99. The van der Waals surface area contributed by atoms with Crippen molar-refractivity contribution in [2.45, 2.75) is 12.5 Å². The number of anilines is 1. The molecule has 24 heavy (non-hydrogen) atoms. The van der Waals surface area contributed by atoms with E-state index in [0.717, 1.165) is 6.42 Å². The van der Waals surface area contributed by atoms with Gasteiger partial charge in [0.1, 0.15) is 10.6 Å². The minimum Gasteiger partial charge on any atom is -0.375 e. The monoisotopic (exact) mass is 346 g/mol. The lowest BCUT2D eigenvalue weighted by atomic mass is 9.82. The predicted molar refractivity (Wildman–Crippen MR) is 88.6 cm³/mol. The van der Waals surface area contributed by atoms with Gasteiger partial charge in [-0.1, -0.05) is 11.3 Å². The second-order valence-electron chi connectivity index (χ2n) is 6.31. The molecule has 2 aliphatic heterocycles. The molecule has 0 saturated carbocycles. The topological polar surface area (TPSA) is 97.4 Å². The first kappa shape index (κ1) is 15.1. The van der Waals surface area contributed by atoms with Crippen LogP contribution >= 0.6 is 11.3 Å². The Labute approximate surface area is 142 Å². The number of aromatic nitrogens is 3. The molecule has 2 N–H and O–H groups in total. The van der Waals surface area contributed by atoms with Crippen LogP contribution in [0.25, 0.3) is 0 Å². The molecule has 2 saturated heterocycles. The summed E-state index contributed by atoms with van der Waals surface area (Å²) < 4.78 is 1.77. The fourth-order valence-electron chi connectivity index (χ4n) is 3.49. The molecule has 2 atom stereocenters. The average Bonchev–Trinajstić information content (AvgIpc) is 3.16. The van der Waals surface area contributed by atoms with Crippen molar-refractivity contribution in [1.29, 1.82) is 0 Å². The highest BCUT2D eigenvalue weighted by molar-refractivity contribution is 7.17. The van der Waals surface area contributed by atoms with Crippen molar-refractivity contribution in [2.24, 2.45) is 13.0 Å². The van der Waals surface area contributed by atoms with E-state index in [1.54, 1.807) is 17.1 Å². The van der Waals surface area contributed by atoms with Gasteiger partial charge in [0, 0.05) is 44.8 Å². The third kappa shape index (κ3) is 2.44. The summed E-state index contributed by atoms with van der Waals surface area (Å²) in [6, 6.07) is 0.204. The van der Waals surface area contributed by atoms with E-state index in [2.05, 4.69) is 9.97 Å². The van der Waals surface area contributed by atoms with Crippen molar-refractivity contribution in [3.8, 4) is 0 Å². The van der Waals surface area contributed by atoms with Gasteiger partial charge < -0.3 is 20.1 Å². The zero-order chi connectivity index (χ0) is 16.8. The molecule has 4 heterocycles. The van der Waals surface area contributed by atoms with Crippen molar-refractivity contribution >= 4 is 28.3 Å². The van der Waals surface area contributed by atoms with Crippen LogP contribution < -0.4 is 5.73 Å². The summed E-state index contributed by atoms with van der Waals surface area (Å²) in [7, 11) is 1.85. The number of rotatable bonds is 2. The Morgan fingerprint density at radius 3 is 2.75 bits per heavy atom. The van der Waals surface area contributed by atoms with Gasteiger partial charge in [-0.15, -0.1) is 0 Å². The van der Waals surface area contributed by atoms with Crippen LogP contribution in [-0.2, 0) is 7.05 Å². The minimum atomic E-state index is -0.0214. The molecule has 0 aliphatic carbocycles. The first-order chi connectivity index (χ1) is 11.5. The zero-order valence-electron chi connectivity index (χ0n) is 13.3. The molecule has 2 fully saturated rings. The Morgan fingerprint density at radius 1 is 1.29 bits per heavy atom. The van der Waals surface area contributed by atoms with Crippen molar-refractivity contribution in [1.82, 2.24) is 24.3 Å². The number of likely N-dealkylation sites (tertiary alicyclic amines) is 2. The van der Waals surface area contributed by atoms with Crippen molar-refractivity contribution in [2.75, 3.05) is 25.4 Å². The Hall–Kier alpha value is -2.42. The van der Waals surface area contributed by atoms with Crippen LogP contribution in [0.15, 0.2) is 18.7 Å². The lowest BCUT2D eigenvalue weighted by Crippen LogP contribution is -2.65. The molecular weight excluding hydrogens is 328 g/mol. The zero-order valence-corrected chi connectivity index (χ0v) is 14.1. The summed E-state index contributed by atoms with van der Waals surface area (Å²) in [6.07, 6.45) is 5.70. The van der Waals surface area contributed by atoms with Crippen molar-refractivity contribution in [3.63, 3.8) is 0 Å². The molecule has 4 rings (SSSR count). The van der Waals surface area contributed by atoms with E-state index in [9.17, 15) is 9.59 Å². The van der Waals surface area contributed by atoms with Gasteiger partial charge in [0.15, 0.2) is 5.13 Å². The number of aryl methyl sites for hydroxylation is 1. The second kappa shape index (κ2) is 5.59. The molecule has 2 aromatic rings. The number of nitrogens with two attached hydrogens (primary N) is 1. The fourth-order valence-corrected chi connectivity index (χ4v) is 4.14. The number of nitrogen functional groups attached to an aromatic ring is 1. The maximum absolute atomic E-state index is 12.5. The fraction of sp³-hybridized carbons (Fsp3) is 0.467. The van der Waals surface area contributed by atoms with E-state index in [-0.39, 0.29) is 17.9 Å². The van der Waals surface area contributed by atoms with Gasteiger partial charge in [-0.3, -0.25) is 9.59 Å². The van der Waals surface area contributed by atoms with Gasteiger partial charge >= 0.3 is 0 Å². The Balaban J connectivity index is 1.39. The molecule has 2 amide bonds. The lowest BCUT2D eigenvalue weighted by molar-refractivity contribution is -0.0228. The van der Waals surface area contributed by atoms with E-state index < -0.39 is 0 Å². The number of imidazole rings is 1. The number of hydrogen-bond acceptors (Lipinski definition) is 6. The van der Waals surface area contributed by atoms with Gasteiger partial charge in [-0.2, -0.15) is 0 Å². The van der Waals surface area contributed by atoms with E-state index in [4.69, 9.17) is 5.73 Å². The number of nitrogens with zero attached hydrogens (tertiary/aromatic N) is 5. The predicted octanol–water partition coefficient (Wildman–Crippen LogP) is 0.445. The Bertz CT molecular complexity index is 747. The molecule has 2 aliphatic rings. The molecule has 9 heteroatoms. The first-order valence-electron chi connectivity index (χ1n) is 7.82. The molecule has 0 unspecified atom stereocenters. The third-order valence-corrected chi connectivity index (χ3v) is 5.55. The van der Waals surface area contributed by atoms with Gasteiger partial charge in [-0.25, -0.2) is 9.97 Å². The molecule has 0 bridgehead atoms. The van der Waals surface area contributed by atoms with Crippen LogP contribution in [-0.4, -0.2) is 61.8 Å². The van der Waals surface area contributed by atoms with E-state index in [0.29, 0.717) is 41.3 Å². The number of carbonyl (C=O) groups is 2. The van der Waals surface area contributed by atoms with Crippen molar-refractivity contribution < 1.29 is 9.59 Å². The lowest BCUT2D eigenvalue weighted by Gasteiger charge is -2.53. The summed E-state index contributed by atoms with van der Waals surface area (Å²) in [5.41, 5.74) is 6.08. The Kier molecular flexibility index (Phi) is 3.52. The van der Waals surface area contributed by atoms with Crippen molar-refractivity contribution in [3.05, 3.63) is 29.3 Å². The number of amides is 2. The van der Waals surface area contributed by atoms with Crippen LogP contribution in [0.5, 0.6) is 0 Å². The van der Waals surface area contributed by atoms with Crippen LogP contribution in [0.1, 0.15) is 26.6 Å². The Morgan fingerprint density at radius 2 is 2.12 bits per heavy atom. The largest absolute Gasteiger partial charge is 0.375 e. The molecule has 0 spiro atoms. The van der Waals surface area contributed by atoms with Crippen LogP contribution in [0.2, 0.25) is 0 Å². The van der Waals surface area contributed by atoms with Crippen LogP contribution in [0, 0.1) is 5.92 Å².